The summed E-state index contributed by atoms with van der Waals surface area (Å²) in [6.45, 7) is 8.00. The number of carbonyl (C=O) groups is 1. The number of nitrogens with two attached hydrogens (primary N) is 1. The Balaban J connectivity index is 0.00000102. The summed E-state index contributed by atoms with van der Waals surface area (Å²) in [6.07, 6.45) is 0. The van der Waals surface area contributed by atoms with Crippen molar-refractivity contribution >= 4 is 5.97 Å². The molecule has 120 valence electrons. The summed E-state index contributed by atoms with van der Waals surface area (Å²) in [7, 11) is 0. The number of aliphatic carboxylic acids is 1. The Morgan fingerprint density at radius 1 is 0.818 bits per heavy atom. The number of benzene rings is 2. The predicted molar refractivity (Wildman–Crippen MR) is 93.0 cm³/mol. The number of hydrogen-bond acceptors (Lipinski definition) is 2. The van der Waals surface area contributed by atoms with Gasteiger partial charge in [0, 0.05) is 5.92 Å². The van der Waals surface area contributed by atoms with Crippen LogP contribution in [0.25, 0.3) is 0 Å². The first-order valence-corrected chi connectivity index (χ1v) is 7.78. The summed E-state index contributed by atoms with van der Waals surface area (Å²) >= 11 is 0. The van der Waals surface area contributed by atoms with Gasteiger partial charge >= 0.3 is 5.97 Å². The molecule has 0 fully saturated rings. The fourth-order valence-electron chi connectivity index (χ4n) is 2.07. The first-order chi connectivity index (χ1) is 10.7. The van der Waals surface area contributed by atoms with Crippen LogP contribution in [0.15, 0.2) is 60.7 Å². The van der Waals surface area contributed by atoms with Crippen LogP contribution in [0.3, 0.4) is 0 Å². The summed E-state index contributed by atoms with van der Waals surface area (Å²) in [5.74, 6) is -1.32. The third kappa shape index (κ3) is 5.70. The molecule has 0 saturated heterocycles. The molecular formula is C19H27NO2. The topological polar surface area (TPSA) is 63.3 Å². The highest BCUT2D eigenvalue weighted by atomic mass is 16.4. The first kappa shape index (κ1) is 19.9. The maximum absolute atomic E-state index is 11.2. The maximum atomic E-state index is 11.2. The molecule has 0 heterocycles. The molecule has 1 atom stereocenters. The summed E-state index contributed by atoms with van der Waals surface area (Å²) in [6, 6.07) is 18.0. The standard InChI is InChI=1S/C15H15NO2.2C2H6/c16-14(15(17)18)13(11-7-3-1-4-8-11)12-9-5-2-6-10-12;2*1-2/h1-10,13-14H,16H2,(H,17,18);2*1-2H3/t14-;;/m0../s1. The van der Waals surface area contributed by atoms with Gasteiger partial charge in [-0.25, -0.2) is 0 Å². The zero-order valence-electron chi connectivity index (χ0n) is 13.9. The van der Waals surface area contributed by atoms with Crippen molar-refractivity contribution in [2.24, 2.45) is 5.73 Å². The Bertz CT molecular complexity index is 472. The SMILES string of the molecule is CC.CC.N[C@H](C(=O)O)C(c1ccccc1)c1ccccc1. The molecule has 3 nitrogen and oxygen atoms in total. The quantitative estimate of drug-likeness (QED) is 0.885. The molecule has 0 aliphatic rings. The van der Waals surface area contributed by atoms with Crippen molar-refractivity contribution in [1.82, 2.24) is 0 Å². The van der Waals surface area contributed by atoms with Crippen LogP contribution in [0.5, 0.6) is 0 Å². The van der Waals surface area contributed by atoms with Crippen LogP contribution >= 0.6 is 0 Å². The average molecular weight is 301 g/mol. The third-order valence-corrected chi connectivity index (χ3v) is 2.96. The van der Waals surface area contributed by atoms with Crippen LogP contribution in [0.1, 0.15) is 44.7 Å². The number of hydrogen-bond donors (Lipinski definition) is 2. The van der Waals surface area contributed by atoms with Crippen molar-refractivity contribution in [3.8, 4) is 0 Å². The summed E-state index contributed by atoms with van der Waals surface area (Å²) in [5, 5.41) is 9.15. The van der Waals surface area contributed by atoms with Gasteiger partial charge in [0.05, 0.1) is 0 Å². The molecule has 0 saturated carbocycles. The molecule has 0 spiro atoms. The Labute approximate surface area is 133 Å². The van der Waals surface area contributed by atoms with E-state index in [0.717, 1.165) is 11.1 Å². The minimum absolute atomic E-state index is 0.329. The van der Waals surface area contributed by atoms with Crippen molar-refractivity contribution in [3.63, 3.8) is 0 Å². The van der Waals surface area contributed by atoms with Gasteiger partial charge in [0.2, 0.25) is 0 Å². The van der Waals surface area contributed by atoms with Gasteiger partial charge in [-0.2, -0.15) is 0 Å². The summed E-state index contributed by atoms with van der Waals surface area (Å²) < 4.78 is 0. The smallest absolute Gasteiger partial charge is 0.321 e. The molecule has 2 aromatic carbocycles. The lowest BCUT2D eigenvalue weighted by atomic mass is 9.85. The van der Waals surface area contributed by atoms with Crippen molar-refractivity contribution in [2.75, 3.05) is 0 Å². The monoisotopic (exact) mass is 301 g/mol. The van der Waals surface area contributed by atoms with E-state index in [1.165, 1.54) is 0 Å². The van der Waals surface area contributed by atoms with E-state index in [9.17, 15) is 4.79 Å². The molecule has 0 aliphatic carbocycles. The molecule has 0 aromatic heterocycles. The molecule has 0 radical (unpaired) electrons. The third-order valence-electron chi connectivity index (χ3n) is 2.96. The van der Waals surface area contributed by atoms with Crippen LogP contribution in [0, 0.1) is 0 Å². The normalized spacial score (nSPS) is 10.6. The number of carboxylic acids is 1. The highest BCUT2D eigenvalue weighted by Crippen LogP contribution is 2.27. The summed E-state index contributed by atoms with van der Waals surface area (Å²) in [5.41, 5.74) is 7.66. The van der Waals surface area contributed by atoms with E-state index in [0.29, 0.717) is 0 Å². The van der Waals surface area contributed by atoms with Gasteiger partial charge in [-0.1, -0.05) is 88.4 Å². The lowest BCUT2D eigenvalue weighted by Crippen LogP contribution is -2.37. The highest BCUT2D eigenvalue weighted by Gasteiger charge is 2.26. The van der Waals surface area contributed by atoms with E-state index >= 15 is 0 Å². The first-order valence-electron chi connectivity index (χ1n) is 7.78. The number of rotatable bonds is 4. The molecule has 3 N–H and O–H groups in total. The van der Waals surface area contributed by atoms with E-state index in [4.69, 9.17) is 10.8 Å². The lowest BCUT2D eigenvalue weighted by Gasteiger charge is -2.21. The Morgan fingerprint density at radius 2 is 1.14 bits per heavy atom. The predicted octanol–water partition coefficient (Wildman–Crippen LogP) is 4.28. The summed E-state index contributed by atoms with van der Waals surface area (Å²) in [4.78, 5) is 11.2. The minimum Gasteiger partial charge on any atom is -0.480 e. The van der Waals surface area contributed by atoms with Crippen LogP contribution in [-0.2, 0) is 4.79 Å². The molecule has 2 rings (SSSR count). The molecule has 0 unspecified atom stereocenters. The molecule has 0 amide bonds. The largest absolute Gasteiger partial charge is 0.480 e. The maximum Gasteiger partial charge on any atom is 0.321 e. The van der Waals surface area contributed by atoms with Crippen molar-refractivity contribution in [2.45, 2.75) is 39.7 Å². The van der Waals surface area contributed by atoms with Crippen LogP contribution in [0.4, 0.5) is 0 Å². The second-order valence-electron chi connectivity index (χ2n) is 4.16. The molecule has 0 aliphatic heterocycles. The van der Waals surface area contributed by atoms with E-state index in [-0.39, 0.29) is 5.92 Å². The molecule has 2 aromatic rings. The Hall–Kier alpha value is -2.13. The van der Waals surface area contributed by atoms with E-state index < -0.39 is 12.0 Å². The fourth-order valence-corrected chi connectivity index (χ4v) is 2.07. The zero-order valence-corrected chi connectivity index (χ0v) is 13.9. The lowest BCUT2D eigenvalue weighted by molar-refractivity contribution is -0.138. The van der Waals surface area contributed by atoms with Gasteiger partial charge in [-0.3, -0.25) is 4.79 Å². The van der Waals surface area contributed by atoms with E-state index in [2.05, 4.69) is 0 Å². The van der Waals surface area contributed by atoms with Gasteiger partial charge in [0.25, 0.3) is 0 Å². The van der Waals surface area contributed by atoms with Crippen molar-refractivity contribution in [1.29, 1.82) is 0 Å². The fraction of sp³-hybridized carbons (Fsp3) is 0.316. The van der Waals surface area contributed by atoms with Gasteiger partial charge in [-0.05, 0) is 11.1 Å². The van der Waals surface area contributed by atoms with Crippen LogP contribution in [0.2, 0.25) is 0 Å². The molecule has 0 bridgehead atoms. The van der Waals surface area contributed by atoms with E-state index in [1.807, 2.05) is 88.4 Å². The Morgan fingerprint density at radius 3 is 1.41 bits per heavy atom. The molecular weight excluding hydrogens is 274 g/mol. The van der Waals surface area contributed by atoms with Crippen LogP contribution < -0.4 is 5.73 Å². The van der Waals surface area contributed by atoms with Crippen molar-refractivity contribution < 1.29 is 9.90 Å². The second kappa shape index (κ2) is 11.5. The van der Waals surface area contributed by atoms with E-state index in [1.54, 1.807) is 0 Å². The van der Waals surface area contributed by atoms with Gasteiger partial charge in [0.1, 0.15) is 6.04 Å². The van der Waals surface area contributed by atoms with Gasteiger partial charge in [-0.15, -0.1) is 0 Å². The Kier molecular flexibility index (Phi) is 10.4. The van der Waals surface area contributed by atoms with Crippen LogP contribution in [-0.4, -0.2) is 17.1 Å². The minimum atomic E-state index is -0.993. The zero-order chi connectivity index (χ0) is 17.0. The number of carboxylic acid groups (broad SMARTS) is 1. The second-order valence-corrected chi connectivity index (χ2v) is 4.16. The highest BCUT2D eigenvalue weighted by molar-refractivity contribution is 5.75. The molecule has 22 heavy (non-hydrogen) atoms. The molecule has 3 heteroatoms. The van der Waals surface area contributed by atoms with Gasteiger partial charge in [0.15, 0.2) is 0 Å². The van der Waals surface area contributed by atoms with Crippen molar-refractivity contribution in [3.05, 3.63) is 71.8 Å². The average Bonchev–Trinajstić information content (AvgIpc) is 2.60. The van der Waals surface area contributed by atoms with Gasteiger partial charge < -0.3 is 10.8 Å².